The zero-order valence-electron chi connectivity index (χ0n) is 8.66. The van der Waals surface area contributed by atoms with E-state index in [0.29, 0.717) is 0 Å². The van der Waals surface area contributed by atoms with Crippen molar-refractivity contribution < 1.29 is 0 Å². The van der Waals surface area contributed by atoms with Gasteiger partial charge >= 0.3 is 0 Å². The number of rotatable bonds is 4. The van der Waals surface area contributed by atoms with Gasteiger partial charge < -0.3 is 5.73 Å². The van der Waals surface area contributed by atoms with E-state index in [0.717, 1.165) is 16.6 Å². The van der Waals surface area contributed by atoms with Crippen molar-refractivity contribution in [3.05, 3.63) is 28.7 Å². The standard InChI is InChI=1S/C12H14BrNS/c1-2-3-6-10(14)9-15-12-8-5-4-7-11(12)13/h4-5,7-8,10H,6,9,14H2,1H3. The molecule has 0 aliphatic rings. The number of hydrogen-bond donors (Lipinski definition) is 1. The van der Waals surface area contributed by atoms with Gasteiger partial charge in [0.25, 0.3) is 0 Å². The molecule has 0 aliphatic carbocycles. The van der Waals surface area contributed by atoms with Gasteiger partial charge in [0.1, 0.15) is 0 Å². The molecule has 0 heterocycles. The van der Waals surface area contributed by atoms with Gasteiger partial charge in [-0.1, -0.05) is 12.1 Å². The van der Waals surface area contributed by atoms with Crippen LogP contribution in [-0.4, -0.2) is 11.8 Å². The fourth-order valence-electron chi connectivity index (χ4n) is 1.05. The third-order valence-electron chi connectivity index (χ3n) is 1.83. The van der Waals surface area contributed by atoms with Crippen molar-refractivity contribution in [3.63, 3.8) is 0 Å². The second-order valence-electron chi connectivity index (χ2n) is 3.13. The van der Waals surface area contributed by atoms with E-state index in [9.17, 15) is 0 Å². The Hall–Kier alpha value is -0.430. The van der Waals surface area contributed by atoms with Crippen LogP contribution in [0.3, 0.4) is 0 Å². The average Bonchev–Trinajstić information content (AvgIpc) is 2.25. The summed E-state index contributed by atoms with van der Waals surface area (Å²) in [6.45, 7) is 1.84. The molecule has 2 N–H and O–H groups in total. The topological polar surface area (TPSA) is 26.0 Å². The summed E-state index contributed by atoms with van der Waals surface area (Å²) in [4.78, 5) is 1.23. The van der Waals surface area contributed by atoms with Crippen molar-refractivity contribution in [3.8, 4) is 11.8 Å². The molecule has 0 saturated carbocycles. The zero-order chi connectivity index (χ0) is 11.1. The minimum atomic E-state index is 0.148. The van der Waals surface area contributed by atoms with Crippen LogP contribution in [0.15, 0.2) is 33.6 Å². The van der Waals surface area contributed by atoms with E-state index in [1.54, 1.807) is 11.8 Å². The monoisotopic (exact) mass is 283 g/mol. The maximum absolute atomic E-state index is 5.92. The smallest absolute Gasteiger partial charge is 0.0311 e. The Morgan fingerprint density at radius 2 is 2.20 bits per heavy atom. The first kappa shape index (κ1) is 12.6. The molecule has 1 unspecified atom stereocenters. The molecule has 0 aromatic heterocycles. The fourth-order valence-corrected chi connectivity index (χ4v) is 2.57. The van der Waals surface area contributed by atoms with E-state index >= 15 is 0 Å². The predicted octanol–water partition coefficient (Wildman–Crippen LogP) is 3.28. The lowest BCUT2D eigenvalue weighted by Crippen LogP contribution is -2.21. The summed E-state index contributed by atoms with van der Waals surface area (Å²) in [5, 5.41) is 0. The largest absolute Gasteiger partial charge is 0.326 e. The lowest BCUT2D eigenvalue weighted by Gasteiger charge is -2.08. The SMILES string of the molecule is CC#CCC(N)CSc1ccccc1Br. The zero-order valence-corrected chi connectivity index (χ0v) is 11.1. The van der Waals surface area contributed by atoms with Gasteiger partial charge in [-0.3, -0.25) is 0 Å². The Labute approximate surface area is 104 Å². The lowest BCUT2D eigenvalue weighted by atomic mass is 10.2. The summed E-state index contributed by atoms with van der Waals surface area (Å²) >= 11 is 5.28. The number of nitrogens with two attached hydrogens (primary N) is 1. The summed E-state index contributed by atoms with van der Waals surface area (Å²) < 4.78 is 1.13. The average molecular weight is 284 g/mol. The molecule has 0 saturated heterocycles. The van der Waals surface area contributed by atoms with Crippen LogP contribution in [0.4, 0.5) is 0 Å². The second-order valence-corrected chi connectivity index (χ2v) is 5.05. The van der Waals surface area contributed by atoms with E-state index < -0.39 is 0 Å². The van der Waals surface area contributed by atoms with Gasteiger partial charge in [-0.25, -0.2) is 0 Å². The fraction of sp³-hybridized carbons (Fsp3) is 0.333. The maximum atomic E-state index is 5.92. The van der Waals surface area contributed by atoms with Gasteiger partial charge in [0.05, 0.1) is 0 Å². The highest BCUT2D eigenvalue weighted by Gasteiger charge is 2.03. The number of hydrogen-bond acceptors (Lipinski definition) is 2. The summed E-state index contributed by atoms with van der Waals surface area (Å²) in [6, 6.07) is 8.32. The van der Waals surface area contributed by atoms with E-state index in [-0.39, 0.29) is 6.04 Å². The first-order valence-electron chi connectivity index (χ1n) is 4.76. The highest BCUT2D eigenvalue weighted by Crippen LogP contribution is 2.27. The maximum Gasteiger partial charge on any atom is 0.0311 e. The number of halogens is 1. The first-order chi connectivity index (χ1) is 7.24. The molecule has 0 radical (unpaired) electrons. The molecule has 1 aromatic carbocycles. The molecule has 0 bridgehead atoms. The van der Waals surface area contributed by atoms with Crippen LogP contribution in [0.25, 0.3) is 0 Å². The molecule has 0 fully saturated rings. The molecule has 1 nitrogen and oxygen atoms in total. The Morgan fingerprint density at radius 1 is 1.47 bits per heavy atom. The van der Waals surface area contributed by atoms with Gasteiger partial charge in [-0.2, -0.15) is 0 Å². The van der Waals surface area contributed by atoms with E-state index in [1.807, 2.05) is 25.1 Å². The molecule has 0 amide bonds. The van der Waals surface area contributed by atoms with Crippen molar-refractivity contribution in [2.45, 2.75) is 24.3 Å². The highest BCUT2D eigenvalue weighted by atomic mass is 79.9. The van der Waals surface area contributed by atoms with Crippen LogP contribution in [-0.2, 0) is 0 Å². The summed E-state index contributed by atoms with van der Waals surface area (Å²) in [7, 11) is 0. The third kappa shape index (κ3) is 4.74. The van der Waals surface area contributed by atoms with Gasteiger partial charge in [-0.05, 0) is 35.0 Å². The van der Waals surface area contributed by atoms with Crippen molar-refractivity contribution in [1.29, 1.82) is 0 Å². The van der Waals surface area contributed by atoms with Gasteiger partial charge in [0, 0.05) is 27.6 Å². The van der Waals surface area contributed by atoms with Crippen molar-refractivity contribution >= 4 is 27.7 Å². The molecule has 0 spiro atoms. The summed E-state index contributed by atoms with van der Waals surface area (Å²) in [5.74, 6) is 6.76. The molecule has 1 atom stereocenters. The quantitative estimate of drug-likeness (QED) is 0.678. The minimum absolute atomic E-state index is 0.148. The first-order valence-corrected chi connectivity index (χ1v) is 6.54. The summed E-state index contributed by atoms with van der Waals surface area (Å²) in [5.41, 5.74) is 5.92. The van der Waals surface area contributed by atoms with Crippen molar-refractivity contribution in [2.75, 3.05) is 5.75 Å². The molecule has 0 aliphatic heterocycles. The van der Waals surface area contributed by atoms with Crippen molar-refractivity contribution in [2.24, 2.45) is 5.73 Å². The normalized spacial score (nSPS) is 11.7. The molecule has 80 valence electrons. The summed E-state index contributed by atoms with van der Waals surface area (Å²) in [6.07, 6.45) is 0.772. The minimum Gasteiger partial charge on any atom is -0.326 e. The Bertz CT molecular complexity index is 367. The van der Waals surface area contributed by atoms with Crippen LogP contribution in [0, 0.1) is 11.8 Å². The Kier molecular flexibility index (Phi) is 5.85. The van der Waals surface area contributed by atoms with E-state index in [4.69, 9.17) is 5.73 Å². The van der Waals surface area contributed by atoms with E-state index in [2.05, 4.69) is 33.8 Å². The highest BCUT2D eigenvalue weighted by molar-refractivity contribution is 9.10. The molecular weight excluding hydrogens is 270 g/mol. The molecule has 1 rings (SSSR count). The second kappa shape index (κ2) is 6.95. The number of thioether (sulfide) groups is 1. The van der Waals surface area contributed by atoms with Gasteiger partial charge in [-0.15, -0.1) is 23.6 Å². The predicted molar refractivity (Wildman–Crippen MR) is 70.9 cm³/mol. The van der Waals surface area contributed by atoms with Crippen LogP contribution in [0.5, 0.6) is 0 Å². The van der Waals surface area contributed by atoms with Gasteiger partial charge in [0.15, 0.2) is 0 Å². The van der Waals surface area contributed by atoms with Crippen LogP contribution < -0.4 is 5.73 Å². The number of benzene rings is 1. The Morgan fingerprint density at radius 3 is 2.87 bits per heavy atom. The molecular formula is C12H14BrNS. The van der Waals surface area contributed by atoms with Crippen LogP contribution in [0.1, 0.15) is 13.3 Å². The van der Waals surface area contributed by atoms with E-state index in [1.165, 1.54) is 4.90 Å². The van der Waals surface area contributed by atoms with Crippen LogP contribution in [0.2, 0.25) is 0 Å². The van der Waals surface area contributed by atoms with Crippen molar-refractivity contribution in [1.82, 2.24) is 0 Å². The molecule has 1 aromatic rings. The third-order valence-corrected chi connectivity index (χ3v) is 4.05. The van der Waals surface area contributed by atoms with Gasteiger partial charge in [0.2, 0.25) is 0 Å². The molecule has 15 heavy (non-hydrogen) atoms. The molecule has 3 heteroatoms. The Balaban J connectivity index is 2.42. The lowest BCUT2D eigenvalue weighted by molar-refractivity contribution is 0.782. The van der Waals surface area contributed by atoms with Crippen LogP contribution >= 0.6 is 27.7 Å².